The number of thioether (sulfide) groups is 1. The highest BCUT2D eigenvalue weighted by Gasteiger charge is 2.05. The maximum absolute atomic E-state index is 11.1. The van der Waals surface area contributed by atoms with Gasteiger partial charge in [0.2, 0.25) is 0 Å². The van der Waals surface area contributed by atoms with Crippen molar-refractivity contribution < 1.29 is 14.6 Å². The summed E-state index contributed by atoms with van der Waals surface area (Å²) in [6.07, 6.45) is 1.23. The van der Waals surface area contributed by atoms with E-state index in [0.29, 0.717) is 6.42 Å². The fourth-order valence-corrected chi connectivity index (χ4v) is 3.25. The molecule has 6 heteroatoms. The maximum Gasteiger partial charge on any atom is 0.310 e. The number of aliphatic hydroxyl groups is 1. The third-order valence-corrected chi connectivity index (χ3v) is 4.59. The molecule has 0 aliphatic rings. The van der Waals surface area contributed by atoms with E-state index in [4.69, 9.17) is 5.11 Å². The molecule has 0 aliphatic carbocycles. The summed E-state index contributed by atoms with van der Waals surface area (Å²) < 4.78 is 4.64. The van der Waals surface area contributed by atoms with Gasteiger partial charge in [-0.2, -0.15) is 11.8 Å². The standard InChI is InChI=1S/C13H21NO3S2/c1-17-13(16)9-11-3-4-12(19-11)10-14-5-8-18-7-2-6-15/h3-4,14-15H,2,5-10H2,1H3. The molecule has 0 spiro atoms. The smallest absolute Gasteiger partial charge is 0.310 e. The van der Waals surface area contributed by atoms with Crippen LogP contribution in [0.15, 0.2) is 12.1 Å². The Balaban J connectivity index is 2.11. The van der Waals surface area contributed by atoms with Crippen molar-refractivity contribution >= 4 is 29.1 Å². The van der Waals surface area contributed by atoms with Gasteiger partial charge >= 0.3 is 5.97 Å². The predicted molar refractivity (Wildman–Crippen MR) is 80.8 cm³/mol. The molecular weight excluding hydrogens is 282 g/mol. The van der Waals surface area contributed by atoms with Gasteiger partial charge in [-0.1, -0.05) is 0 Å². The minimum atomic E-state index is -0.193. The molecule has 1 rings (SSSR count). The number of carbonyl (C=O) groups is 1. The Morgan fingerprint density at radius 3 is 2.95 bits per heavy atom. The summed E-state index contributed by atoms with van der Waals surface area (Å²) in [5, 5.41) is 12.0. The minimum absolute atomic E-state index is 0.193. The van der Waals surface area contributed by atoms with Crippen LogP contribution in [0.3, 0.4) is 0 Å². The van der Waals surface area contributed by atoms with Gasteiger partial charge in [0.25, 0.3) is 0 Å². The zero-order valence-electron chi connectivity index (χ0n) is 11.2. The number of rotatable bonds is 10. The summed E-state index contributed by atoms with van der Waals surface area (Å²) in [4.78, 5) is 13.4. The molecule has 0 amide bonds. The summed E-state index contributed by atoms with van der Waals surface area (Å²) in [7, 11) is 1.41. The quantitative estimate of drug-likeness (QED) is 0.509. The third kappa shape index (κ3) is 7.57. The molecule has 4 nitrogen and oxygen atoms in total. The number of aliphatic hydroxyl groups excluding tert-OH is 1. The molecule has 0 bridgehead atoms. The summed E-state index contributed by atoms with van der Waals surface area (Å²) in [6.45, 7) is 2.07. The van der Waals surface area contributed by atoms with E-state index in [2.05, 4.69) is 16.1 Å². The Kier molecular flexibility index (Phi) is 8.90. The number of thiophene rings is 1. The minimum Gasteiger partial charge on any atom is -0.469 e. The molecule has 19 heavy (non-hydrogen) atoms. The van der Waals surface area contributed by atoms with Crippen molar-refractivity contribution in [1.82, 2.24) is 5.32 Å². The molecule has 1 heterocycles. The first-order valence-electron chi connectivity index (χ1n) is 6.30. The molecule has 0 unspecified atom stereocenters. The number of hydrogen-bond acceptors (Lipinski definition) is 6. The molecule has 0 saturated carbocycles. The monoisotopic (exact) mass is 303 g/mol. The van der Waals surface area contributed by atoms with E-state index in [9.17, 15) is 4.79 Å². The van der Waals surface area contributed by atoms with Gasteiger partial charge in [0.05, 0.1) is 13.5 Å². The Morgan fingerprint density at radius 2 is 2.21 bits per heavy atom. The number of methoxy groups -OCH3 is 1. The Hall–Kier alpha value is -0.560. The number of carbonyl (C=O) groups excluding carboxylic acids is 1. The van der Waals surface area contributed by atoms with E-state index < -0.39 is 0 Å². The number of esters is 1. The predicted octanol–water partition coefficient (Wildman–Crippen LogP) is 1.67. The average Bonchev–Trinajstić information content (AvgIpc) is 2.85. The molecule has 0 aromatic carbocycles. The molecule has 0 fully saturated rings. The molecule has 0 saturated heterocycles. The lowest BCUT2D eigenvalue weighted by Crippen LogP contribution is -2.16. The summed E-state index contributed by atoms with van der Waals surface area (Å²) in [5.41, 5.74) is 0. The van der Waals surface area contributed by atoms with Crippen LogP contribution in [0, 0.1) is 0 Å². The number of hydrogen-bond donors (Lipinski definition) is 2. The van der Waals surface area contributed by atoms with Crippen LogP contribution >= 0.6 is 23.1 Å². The Labute approximate surface area is 122 Å². The van der Waals surface area contributed by atoms with Crippen molar-refractivity contribution in [1.29, 1.82) is 0 Å². The lowest BCUT2D eigenvalue weighted by molar-refractivity contribution is -0.139. The van der Waals surface area contributed by atoms with Crippen LogP contribution in [-0.4, -0.2) is 42.8 Å². The third-order valence-electron chi connectivity index (χ3n) is 2.43. The first-order valence-corrected chi connectivity index (χ1v) is 8.27. The van der Waals surface area contributed by atoms with Gasteiger partial charge in [0, 0.05) is 35.2 Å². The zero-order valence-corrected chi connectivity index (χ0v) is 12.8. The van der Waals surface area contributed by atoms with Crippen molar-refractivity contribution in [3.63, 3.8) is 0 Å². The van der Waals surface area contributed by atoms with Crippen LogP contribution in [0.1, 0.15) is 16.2 Å². The van der Waals surface area contributed by atoms with Gasteiger partial charge in [-0.3, -0.25) is 4.79 Å². The average molecular weight is 303 g/mol. The van der Waals surface area contributed by atoms with Gasteiger partial charge in [-0.25, -0.2) is 0 Å². The van der Waals surface area contributed by atoms with Crippen LogP contribution in [0.25, 0.3) is 0 Å². The van der Waals surface area contributed by atoms with Crippen LogP contribution < -0.4 is 5.32 Å². The highest BCUT2D eigenvalue weighted by molar-refractivity contribution is 7.99. The van der Waals surface area contributed by atoms with Crippen molar-refractivity contribution in [3.8, 4) is 0 Å². The molecule has 0 radical (unpaired) electrons. The van der Waals surface area contributed by atoms with Gasteiger partial charge < -0.3 is 15.2 Å². The molecule has 2 N–H and O–H groups in total. The lowest BCUT2D eigenvalue weighted by atomic mass is 10.3. The topological polar surface area (TPSA) is 58.6 Å². The van der Waals surface area contributed by atoms with Crippen molar-refractivity contribution in [2.45, 2.75) is 19.4 Å². The van der Waals surface area contributed by atoms with Crippen LogP contribution in [0.4, 0.5) is 0 Å². The van der Waals surface area contributed by atoms with Gasteiger partial charge in [0.1, 0.15) is 0 Å². The van der Waals surface area contributed by atoms with Crippen molar-refractivity contribution in [2.75, 3.05) is 31.8 Å². The summed E-state index contributed by atoms with van der Waals surface area (Å²) in [5.74, 6) is 1.88. The van der Waals surface area contributed by atoms with E-state index in [1.54, 1.807) is 11.3 Å². The highest BCUT2D eigenvalue weighted by atomic mass is 32.2. The largest absolute Gasteiger partial charge is 0.469 e. The molecule has 1 aromatic rings. The first kappa shape index (κ1) is 16.5. The molecule has 0 aliphatic heterocycles. The summed E-state index contributed by atoms with van der Waals surface area (Å²) >= 11 is 3.49. The second-order valence-corrected chi connectivity index (χ2v) is 6.46. The van der Waals surface area contributed by atoms with E-state index in [1.807, 2.05) is 17.8 Å². The van der Waals surface area contributed by atoms with Gasteiger partial charge in [0.15, 0.2) is 0 Å². The molecule has 108 valence electrons. The van der Waals surface area contributed by atoms with Gasteiger partial charge in [-0.15, -0.1) is 11.3 Å². The Bertz CT molecular complexity index is 369. The van der Waals surface area contributed by atoms with E-state index in [0.717, 1.165) is 35.9 Å². The van der Waals surface area contributed by atoms with E-state index in [-0.39, 0.29) is 12.6 Å². The number of nitrogens with one attached hydrogen (secondary N) is 1. The lowest BCUT2D eigenvalue weighted by Gasteiger charge is -2.02. The molecule has 0 atom stereocenters. The van der Waals surface area contributed by atoms with Crippen LogP contribution in [0.2, 0.25) is 0 Å². The zero-order chi connectivity index (χ0) is 13.9. The Morgan fingerprint density at radius 1 is 1.42 bits per heavy atom. The van der Waals surface area contributed by atoms with Gasteiger partial charge in [-0.05, 0) is 24.3 Å². The second kappa shape index (κ2) is 10.3. The van der Waals surface area contributed by atoms with Crippen LogP contribution in [0.5, 0.6) is 0 Å². The summed E-state index contributed by atoms with van der Waals surface area (Å²) in [6, 6.07) is 4.03. The normalized spacial score (nSPS) is 10.6. The SMILES string of the molecule is COC(=O)Cc1ccc(CNCCSCCCO)s1. The fraction of sp³-hybridized carbons (Fsp3) is 0.615. The molecule has 1 aromatic heterocycles. The number of ether oxygens (including phenoxy) is 1. The highest BCUT2D eigenvalue weighted by Crippen LogP contribution is 2.17. The van der Waals surface area contributed by atoms with Crippen molar-refractivity contribution in [3.05, 3.63) is 21.9 Å². The van der Waals surface area contributed by atoms with E-state index in [1.165, 1.54) is 12.0 Å². The van der Waals surface area contributed by atoms with Crippen LogP contribution in [-0.2, 0) is 22.5 Å². The fourth-order valence-electron chi connectivity index (χ4n) is 1.45. The second-order valence-electron chi connectivity index (χ2n) is 3.99. The molecular formula is C13H21NO3S2. The van der Waals surface area contributed by atoms with E-state index >= 15 is 0 Å². The first-order chi connectivity index (χ1) is 9.26. The maximum atomic E-state index is 11.1. The van der Waals surface area contributed by atoms with Crippen molar-refractivity contribution in [2.24, 2.45) is 0 Å².